The number of aliphatic carboxylic acids is 1. The Morgan fingerprint density at radius 1 is 1.46 bits per heavy atom. The molecule has 7 nitrogen and oxygen atoms in total. The van der Waals surface area contributed by atoms with E-state index in [9.17, 15) is 9.59 Å². The van der Waals surface area contributed by atoms with Crippen LogP contribution in [0.5, 0.6) is 0 Å². The molecule has 13 heavy (non-hydrogen) atoms. The van der Waals surface area contributed by atoms with Gasteiger partial charge in [-0.15, -0.1) is 0 Å². The Bertz CT molecular complexity index is 203. The minimum atomic E-state index is -3.10. The fraction of sp³-hybridized carbons (Fsp3) is 0.667. The van der Waals surface area contributed by atoms with Crippen LogP contribution in [0.1, 0.15) is 0 Å². The Labute approximate surface area is 72.9 Å². The van der Waals surface area contributed by atoms with Gasteiger partial charge in [0.1, 0.15) is 12.2 Å². The van der Waals surface area contributed by atoms with E-state index >= 15 is 0 Å². The van der Waals surface area contributed by atoms with Crippen LogP contribution in [0.25, 0.3) is 0 Å². The molecule has 0 saturated heterocycles. The van der Waals surface area contributed by atoms with Gasteiger partial charge >= 0.3 is 5.97 Å². The van der Waals surface area contributed by atoms with E-state index in [0.29, 0.717) is 0 Å². The molecule has 0 fully saturated rings. The molecule has 0 spiro atoms. The van der Waals surface area contributed by atoms with E-state index in [1.165, 1.54) is 0 Å². The van der Waals surface area contributed by atoms with Crippen LogP contribution >= 0.6 is 0 Å². The molecular weight excluding hydrogens is 184 g/mol. The second-order valence-electron chi connectivity index (χ2n) is 2.44. The van der Waals surface area contributed by atoms with E-state index in [1.54, 1.807) is 0 Å². The van der Waals surface area contributed by atoms with Crippen LogP contribution in [0.15, 0.2) is 0 Å². The summed E-state index contributed by atoms with van der Waals surface area (Å²) in [6.45, 7) is -0.968. The first-order valence-electron chi connectivity index (χ1n) is 3.29. The quantitative estimate of drug-likeness (QED) is 0.228. The minimum absolute atomic E-state index is 0.418. The molecule has 0 radical (unpaired) electrons. The Morgan fingerprint density at radius 3 is 2.15 bits per heavy atom. The SMILES string of the molecule is O=CC(O)(C(=O)O)C(O)C(O)CO. The van der Waals surface area contributed by atoms with E-state index in [2.05, 4.69) is 0 Å². The zero-order chi connectivity index (χ0) is 10.6. The van der Waals surface area contributed by atoms with Crippen molar-refractivity contribution < 1.29 is 35.1 Å². The number of aldehydes is 1. The van der Waals surface area contributed by atoms with Gasteiger partial charge < -0.3 is 25.5 Å². The molecule has 0 aliphatic heterocycles. The summed E-state index contributed by atoms with van der Waals surface area (Å²) in [5, 5.41) is 43.3. The topological polar surface area (TPSA) is 135 Å². The lowest BCUT2D eigenvalue weighted by Gasteiger charge is -2.25. The van der Waals surface area contributed by atoms with Crippen molar-refractivity contribution in [1.29, 1.82) is 0 Å². The van der Waals surface area contributed by atoms with Crippen molar-refractivity contribution in [2.45, 2.75) is 17.8 Å². The van der Waals surface area contributed by atoms with Crippen LogP contribution in [0.3, 0.4) is 0 Å². The van der Waals surface area contributed by atoms with Gasteiger partial charge in [0.05, 0.1) is 6.61 Å². The molecule has 0 aromatic rings. The van der Waals surface area contributed by atoms with E-state index < -0.39 is 36.7 Å². The van der Waals surface area contributed by atoms with Gasteiger partial charge in [-0.2, -0.15) is 0 Å². The standard InChI is InChI=1S/C6H10O7/c7-1-3(9)4(10)6(13,2-8)5(11)12/h2-4,7,9-10,13H,1H2,(H,11,12). The lowest BCUT2D eigenvalue weighted by Crippen LogP contribution is -2.56. The average molecular weight is 194 g/mol. The van der Waals surface area contributed by atoms with Crippen LogP contribution in [0, 0.1) is 0 Å². The summed E-state index contributed by atoms with van der Waals surface area (Å²) in [5.74, 6) is -2.00. The summed E-state index contributed by atoms with van der Waals surface area (Å²) in [6.07, 6.45) is -4.59. The number of aliphatic hydroxyl groups excluding tert-OH is 3. The predicted octanol–water partition coefficient (Wildman–Crippen LogP) is -3.28. The molecule has 3 unspecified atom stereocenters. The molecule has 0 saturated carbocycles. The summed E-state index contributed by atoms with van der Waals surface area (Å²) in [6, 6.07) is 0. The molecule has 0 rings (SSSR count). The summed E-state index contributed by atoms with van der Waals surface area (Å²) >= 11 is 0. The highest BCUT2D eigenvalue weighted by Gasteiger charge is 2.47. The van der Waals surface area contributed by atoms with Gasteiger partial charge in [-0.25, -0.2) is 4.79 Å². The van der Waals surface area contributed by atoms with Crippen molar-refractivity contribution in [3.8, 4) is 0 Å². The molecular formula is C6H10O7. The minimum Gasteiger partial charge on any atom is -0.479 e. The molecule has 0 aromatic heterocycles. The Morgan fingerprint density at radius 2 is 1.92 bits per heavy atom. The Hall–Kier alpha value is -1.02. The summed E-state index contributed by atoms with van der Waals surface area (Å²) in [5.41, 5.74) is -3.10. The zero-order valence-electron chi connectivity index (χ0n) is 6.49. The normalized spacial score (nSPS) is 20.0. The van der Waals surface area contributed by atoms with Crippen LogP contribution in [0.2, 0.25) is 0 Å². The molecule has 76 valence electrons. The largest absolute Gasteiger partial charge is 0.479 e. The van der Waals surface area contributed by atoms with Crippen LogP contribution in [-0.4, -0.2) is 62.2 Å². The number of aliphatic hydroxyl groups is 4. The first-order chi connectivity index (χ1) is 5.90. The Kier molecular flexibility index (Phi) is 3.95. The molecule has 0 aromatic carbocycles. The Balaban J connectivity index is 4.76. The number of rotatable bonds is 5. The average Bonchev–Trinajstić information content (AvgIpc) is 2.13. The van der Waals surface area contributed by atoms with E-state index in [0.717, 1.165) is 0 Å². The lowest BCUT2D eigenvalue weighted by atomic mass is 9.94. The van der Waals surface area contributed by atoms with Crippen LogP contribution < -0.4 is 0 Å². The number of hydrogen-bond donors (Lipinski definition) is 5. The third-order valence-electron chi connectivity index (χ3n) is 1.52. The highest BCUT2D eigenvalue weighted by Crippen LogP contribution is 2.11. The monoisotopic (exact) mass is 194 g/mol. The van der Waals surface area contributed by atoms with Crippen molar-refractivity contribution in [3.63, 3.8) is 0 Å². The van der Waals surface area contributed by atoms with Gasteiger partial charge in [0, 0.05) is 0 Å². The van der Waals surface area contributed by atoms with Gasteiger partial charge in [0.15, 0.2) is 6.29 Å². The van der Waals surface area contributed by atoms with Gasteiger partial charge in [0.25, 0.3) is 0 Å². The zero-order valence-corrected chi connectivity index (χ0v) is 6.49. The predicted molar refractivity (Wildman–Crippen MR) is 37.7 cm³/mol. The fourth-order valence-electron chi connectivity index (χ4n) is 0.640. The molecule has 5 N–H and O–H groups in total. The van der Waals surface area contributed by atoms with E-state index in [4.69, 9.17) is 25.5 Å². The second kappa shape index (κ2) is 4.28. The lowest BCUT2D eigenvalue weighted by molar-refractivity contribution is -0.182. The van der Waals surface area contributed by atoms with Crippen molar-refractivity contribution in [3.05, 3.63) is 0 Å². The third-order valence-corrected chi connectivity index (χ3v) is 1.52. The smallest absolute Gasteiger partial charge is 0.346 e. The number of carbonyl (C=O) groups excluding carboxylic acids is 1. The van der Waals surface area contributed by atoms with Crippen LogP contribution in [-0.2, 0) is 9.59 Å². The van der Waals surface area contributed by atoms with E-state index in [1.807, 2.05) is 0 Å². The maximum Gasteiger partial charge on any atom is 0.346 e. The first kappa shape index (κ1) is 12.0. The fourth-order valence-corrected chi connectivity index (χ4v) is 0.640. The first-order valence-corrected chi connectivity index (χ1v) is 3.29. The molecule has 0 bridgehead atoms. The van der Waals surface area contributed by atoms with Gasteiger partial charge in [-0.05, 0) is 0 Å². The number of carbonyl (C=O) groups is 2. The highest BCUT2D eigenvalue weighted by molar-refractivity contribution is 5.96. The maximum atomic E-state index is 10.3. The number of hydrogen-bond acceptors (Lipinski definition) is 6. The maximum absolute atomic E-state index is 10.3. The summed E-state index contributed by atoms with van der Waals surface area (Å²) in [7, 11) is 0. The summed E-state index contributed by atoms with van der Waals surface area (Å²) < 4.78 is 0. The van der Waals surface area contributed by atoms with Gasteiger partial charge in [-0.3, -0.25) is 4.79 Å². The van der Waals surface area contributed by atoms with E-state index in [-0.39, 0.29) is 0 Å². The van der Waals surface area contributed by atoms with Crippen LogP contribution in [0.4, 0.5) is 0 Å². The van der Waals surface area contributed by atoms with Crippen molar-refractivity contribution in [2.24, 2.45) is 0 Å². The van der Waals surface area contributed by atoms with Gasteiger partial charge in [-0.1, -0.05) is 0 Å². The summed E-state index contributed by atoms with van der Waals surface area (Å²) in [4.78, 5) is 20.4. The molecule has 7 heteroatoms. The second-order valence-corrected chi connectivity index (χ2v) is 2.44. The number of carboxylic acid groups (broad SMARTS) is 1. The van der Waals surface area contributed by atoms with Gasteiger partial charge in [0.2, 0.25) is 5.60 Å². The van der Waals surface area contributed by atoms with Crippen molar-refractivity contribution >= 4 is 12.3 Å². The third kappa shape index (κ3) is 2.22. The molecule has 3 atom stereocenters. The molecule has 0 heterocycles. The van der Waals surface area contributed by atoms with Crippen molar-refractivity contribution in [2.75, 3.05) is 6.61 Å². The molecule has 0 amide bonds. The molecule has 0 aliphatic carbocycles. The highest BCUT2D eigenvalue weighted by atomic mass is 16.4. The number of carboxylic acids is 1. The molecule has 0 aliphatic rings. The van der Waals surface area contributed by atoms with Crippen molar-refractivity contribution in [1.82, 2.24) is 0 Å².